The number of imidazole rings is 1. The van der Waals surface area contributed by atoms with Crippen molar-refractivity contribution in [3.8, 4) is 0 Å². The maximum Gasteiger partial charge on any atom is 0.113 e. The molecule has 0 radical (unpaired) electrons. The van der Waals surface area contributed by atoms with Crippen LogP contribution in [0.15, 0.2) is 35.9 Å². The van der Waals surface area contributed by atoms with Gasteiger partial charge in [-0.25, -0.2) is 4.98 Å². The molecule has 0 N–H and O–H groups in total. The van der Waals surface area contributed by atoms with E-state index in [1.54, 1.807) is 0 Å². The van der Waals surface area contributed by atoms with Crippen molar-refractivity contribution in [2.24, 2.45) is 7.05 Å². The Morgan fingerprint density at radius 3 is 2.88 bits per heavy atom. The van der Waals surface area contributed by atoms with Crippen LogP contribution in [0.25, 0.3) is 11.0 Å². The van der Waals surface area contributed by atoms with Crippen LogP contribution in [0.4, 0.5) is 0 Å². The maximum atomic E-state index is 4.67. The summed E-state index contributed by atoms with van der Waals surface area (Å²) in [4.78, 5) is 4.67. The molecule has 0 spiro atoms. The van der Waals surface area contributed by atoms with E-state index >= 15 is 0 Å². The molecule has 2 nitrogen and oxygen atoms in total. The van der Waals surface area contributed by atoms with E-state index in [4.69, 9.17) is 0 Å². The molecule has 1 heterocycles. The molecule has 90 valence electrons. The second-order valence-corrected chi connectivity index (χ2v) is 5.07. The van der Waals surface area contributed by atoms with E-state index < -0.39 is 0 Å². The van der Waals surface area contributed by atoms with Gasteiger partial charge in [-0.2, -0.15) is 0 Å². The fourth-order valence-electron chi connectivity index (χ4n) is 1.98. The molecule has 0 bridgehead atoms. The van der Waals surface area contributed by atoms with Gasteiger partial charge in [-0.05, 0) is 25.5 Å². The van der Waals surface area contributed by atoms with Gasteiger partial charge in [0.2, 0.25) is 0 Å². The van der Waals surface area contributed by atoms with E-state index in [-0.39, 0.29) is 0 Å². The normalized spacial score (nSPS) is 12.3. The molecule has 1 aromatic heterocycles. The number of aromatic nitrogens is 2. The monoisotopic (exact) mass is 292 g/mol. The smallest absolute Gasteiger partial charge is 0.113 e. The standard InChI is InChI=1S/C14H17BrN2/c1-11(6-5-9-15)10-14-16-12-7-3-4-8-13(12)17(14)2/h3-4,6-8H,5,9-10H2,1-2H3. The SMILES string of the molecule is CC(=CCCBr)Cc1nc2ccccc2n1C. The zero-order valence-electron chi connectivity index (χ0n) is 10.3. The Bertz CT molecular complexity index is 540. The first-order valence-corrected chi connectivity index (χ1v) is 6.96. The summed E-state index contributed by atoms with van der Waals surface area (Å²) in [6, 6.07) is 8.27. The molecule has 0 fully saturated rings. The summed E-state index contributed by atoms with van der Waals surface area (Å²) in [5.41, 5.74) is 3.66. The van der Waals surface area contributed by atoms with E-state index in [0.717, 1.165) is 29.5 Å². The Balaban J connectivity index is 2.27. The summed E-state index contributed by atoms with van der Waals surface area (Å²) in [6.45, 7) is 2.17. The second kappa shape index (κ2) is 5.50. The van der Waals surface area contributed by atoms with Gasteiger partial charge < -0.3 is 4.57 Å². The van der Waals surface area contributed by atoms with E-state index in [0.29, 0.717) is 0 Å². The minimum Gasteiger partial charge on any atom is -0.331 e. The van der Waals surface area contributed by atoms with E-state index in [1.165, 1.54) is 11.1 Å². The van der Waals surface area contributed by atoms with Gasteiger partial charge in [0.15, 0.2) is 0 Å². The molecule has 17 heavy (non-hydrogen) atoms. The van der Waals surface area contributed by atoms with Crippen molar-refractivity contribution >= 4 is 27.0 Å². The lowest BCUT2D eigenvalue weighted by Crippen LogP contribution is -1.98. The highest BCUT2D eigenvalue weighted by atomic mass is 79.9. The fraction of sp³-hybridized carbons (Fsp3) is 0.357. The molecule has 0 atom stereocenters. The summed E-state index contributed by atoms with van der Waals surface area (Å²) in [5, 5.41) is 1.02. The van der Waals surface area contributed by atoms with Gasteiger partial charge in [0.1, 0.15) is 5.82 Å². The highest BCUT2D eigenvalue weighted by molar-refractivity contribution is 9.09. The second-order valence-electron chi connectivity index (χ2n) is 4.28. The number of para-hydroxylation sites is 2. The quantitative estimate of drug-likeness (QED) is 0.618. The number of alkyl halides is 1. The van der Waals surface area contributed by atoms with Crippen LogP contribution in [0.2, 0.25) is 0 Å². The molecule has 0 unspecified atom stereocenters. The number of fused-ring (bicyclic) bond motifs is 1. The molecule has 1 aromatic carbocycles. The third kappa shape index (κ3) is 2.78. The highest BCUT2D eigenvalue weighted by Gasteiger charge is 2.06. The van der Waals surface area contributed by atoms with Gasteiger partial charge in [0.25, 0.3) is 0 Å². The van der Waals surface area contributed by atoms with Crippen LogP contribution in [-0.4, -0.2) is 14.9 Å². The first kappa shape index (κ1) is 12.4. The van der Waals surface area contributed by atoms with Gasteiger partial charge in [-0.15, -0.1) is 0 Å². The molecule has 2 rings (SSSR count). The topological polar surface area (TPSA) is 17.8 Å². The van der Waals surface area contributed by atoms with Crippen molar-refractivity contribution in [3.63, 3.8) is 0 Å². The van der Waals surface area contributed by atoms with E-state index in [2.05, 4.69) is 63.7 Å². The van der Waals surface area contributed by atoms with Crippen LogP contribution in [0, 0.1) is 0 Å². The first-order valence-electron chi connectivity index (χ1n) is 5.84. The number of allylic oxidation sites excluding steroid dienone is 2. The van der Waals surface area contributed by atoms with Crippen LogP contribution in [0.1, 0.15) is 19.2 Å². The number of benzene rings is 1. The molecular formula is C14H17BrN2. The van der Waals surface area contributed by atoms with Crippen molar-refractivity contribution < 1.29 is 0 Å². The van der Waals surface area contributed by atoms with Gasteiger partial charge in [0, 0.05) is 18.8 Å². The summed E-state index contributed by atoms with van der Waals surface area (Å²) < 4.78 is 2.18. The van der Waals surface area contributed by atoms with Crippen LogP contribution in [-0.2, 0) is 13.5 Å². The van der Waals surface area contributed by atoms with Gasteiger partial charge in [0.05, 0.1) is 11.0 Å². The number of rotatable bonds is 4. The predicted octanol–water partition coefficient (Wildman–Crippen LogP) is 3.85. The lowest BCUT2D eigenvalue weighted by atomic mass is 10.2. The van der Waals surface area contributed by atoms with Crippen molar-refractivity contribution in [1.29, 1.82) is 0 Å². The molecule has 0 saturated carbocycles. The van der Waals surface area contributed by atoms with Crippen molar-refractivity contribution in [2.75, 3.05) is 5.33 Å². The summed E-state index contributed by atoms with van der Waals surface area (Å²) >= 11 is 3.44. The average Bonchev–Trinajstić information content (AvgIpc) is 2.64. The van der Waals surface area contributed by atoms with Gasteiger partial charge in [-0.3, -0.25) is 0 Å². The molecule has 0 saturated heterocycles. The molecular weight excluding hydrogens is 276 g/mol. The van der Waals surface area contributed by atoms with Crippen LogP contribution in [0.3, 0.4) is 0 Å². The maximum absolute atomic E-state index is 4.67. The number of hydrogen-bond donors (Lipinski definition) is 0. The lowest BCUT2D eigenvalue weighted by Gasteiger charge is -2.02. The summed E-state index contributed by atoms with van der Waals surface area (Å²) in [5.74, 6) is 1.13. The van der Waals surface area contributed by atoms with Crippen molar-refractivity contribution in [2.45, 2.75) is 19.8 Å². The summed E-state index contributed by atoms with van der Waals surface area (Å²) in [6.07, 6.45) is 4.28. The Kier molecular flexibility index (Phi) is 4.00. The molecule has 0 amide bonds. The molecule has 0 aliphatic carbocycles. The summed E-state index contributed by atoms with van der Waals surface area (Å²) in [7, 11) is 2.09. The molecule has 3 heteroatoms. The highest BCUT2D eigenvalue weighted by Crippen LogP contribution is 2.16. The Labute approximate surface area is 110 Å². The van der Waals surface area contributed by atoms with Gasteiger partial charge >= 0.3 is 0 Å². The predicted molar refractivity (Wildman–Crippen MR) is 76.6 cm³/mol. The van der Waals surface area contributed by atoms with Crippen LogP contribution in [0.5, 0.6) is 0 Å². The Morgan fingerprint density at radius 2 is 2.18 bits per heavy atom. The molecule has 0 aliphatic rings. The largest absolute Gasteiger partial charge is 0.331 e. The Hall–Kier alpha value is -1.09. The van der Waals surface area contributed by atoms with Crippen LogP contribution < -0.4 is 0 Å². The average molecular weight is 293 g/mol. The van der Waals surface area contributed by atoms with Gasteiger partial charge in [-0.1, -0.05) is 39.7 Å². The minimum atomic E-state index is 0.929. The van der Waals surface area contributed by atoms with Crippen molar-refractivity contribution in [1.82, 2.24) is 9.55 Å². The van der Waals surface area contributed by atoms with E-state index in [9.17, 15) is 0 Å². The number of nitrogens with zero attached hydrogens (tertiary/aromatic N) is 2. The van der Waals surface area contributed by atoms with E-state index in [1.807, 2.05) is 6.07 Å². The Morgan fingerprint density at radius 1 is 1.41 bits per heavy atom. The molecule has 2 aromatic rings. The molecule has 0 aliphatic heterocycles. The zero-order valence-corrected chi connectivity index (χ0v) is 11.9. The number of aryl methyl sites for hydroxylation is 1. The third-order valence-electron chi connectivity index (χ3n) is 2.92. The van der Waals surface area contributed by atoms with Crippen molar-refractivity contribution in [3.05, 3.63) is 41.7 Å². The number of hydrogen-bond acceptors (Lipinski definition) is 1. The fourth-order valence-corrected chi connectivity index (χ4v) is 2.20. The number of halogens is 1. The third-order valence-corrected chi connectivity index (χ3v) is 3.38. The minimum absolute atomic E-state index is 0.929. The zero-order chi connectivity index (χ0) is 12.3. The van der Waals surface area contributed by atoms with Crippen LogP contribution >= 0.6 is 15.9 Å². The lowest BCUT2D eigenvalue weighted by molar-refractivity contribution is 0.835. The first-order chi connectivity index (χ1) is 8.22.